The molecule has 0 saturated carbocycles. The largest absolute Gasteiger partial charge is 0.478 e. The van der Waals surface area contributed by atoms with Crippen LogP contribution in [-0.4, -0.2) is 31.7 Å². The van der Waals surface area contributed by atoms with Crippen LogP contribution in [0.15, 0.2) is 59.5 Å². The average molecular weight is 447 g/mol. The summed E-state index contributed by atoms with van der Waals surface area (Å²) in [5, 5.41) is 8.84. The molecular weight excluding hydrogens is 424 g/mol. The van der Waals surface area contributed by atoms with Gasteiger partial charge in [-0.25, -0.2) is 4.79 Å². The monoisotopic (exact) mass is 446 g/mol. The number of carbonyl (C=O) groups excluding carboxylic acids is 2. The maximum absolute atomic E-state index is 12.9. The van der Waals surface area contributed by atoms with E-state index in [2.05, 4.69) is 0 Å². The molecule has 1 aliphatic rings. The number of benzene rings is 2. The van der Waals surface area contributed by atoms with Crippen LogP contribution < -0.4 is 0 Å². The van der Waals surface area contributed by atoms with E-state index < -0.39 is 5.97 Å². The first-order chi connectivity index (χ1) is 15.2. The van der Waals surface area contributed by atoms with Crippen LogP contribution in [0.25, 0.3) is 11.8 Å². The van der Waals surface area contributed by atoms with Crippen LogP contribution in [-0.2, 0) is 11.3 Å². The number of carboxylic acids is 1. The maximum atomic E-state index is 12.9. The molecule has 7 heteroatoms. The smallest absolute Gasteiger partial charge is 0.335 e. The van der Waals surface area contributed by atoms with Crippen molar-refractivity contribution < 1.29 is 19.5 Å². The van der Waals surface area contributed by atoms with Gasteiger partial charge in [-0.2, -0.15) is 0 Å². The summed E-state index contributed by atoms with van der Waals surface area (Å²) in [6, 6.07) is 16.3. The molecule has 162 valence electrons. The van der Waals surface area contributed by atoms with Gasteiger partial charge in [0, 0.05) is 17.1 Å². The Balaban J connectivity index is 1.61. The van der Waals surface area contributed by atoms with Gasteiger partial charge in [-0.3, -0.25) is 14.5 Å². The molecule has 1 N–H and O–H groups in total. The predicted molar refractivity (Wildman–Crippen MR) is 125 cm³/mol. The number of nitrogens with zero attached hydrogens (tertiary/aromatic N) is 2. The fourth-order valence-corrected chi connectivity index (χ4v) is 4.68. The highest BCUT2D eigenvalue weighted by atomic mass is 32.2. The molecule has 0 radical (unpaired) electrons. The normalized spacial score (nSPS) is 15.1. The molecule has 1 saturated heterocycles. The van der Waals surface area contributed by atoms with Crippen LogP contribution in [0.3, 0.4) is 0 Å². The van der Waals surface area contributed by atoms with Gasteiger partial charge in [0.1, 0.15) is 0 Å². The summed E-state index contributed by atoms with van der Waals surface area (Å²) in [7, 11) is 0. The van der Waals surface area contributed by atoms with Crippen LogP contribution in [0.4, 0.5) is 4.79 Å². The third kappa shape index (κ3) is 4.11. The molecule has 2 aromatic carbocycles. The van der Waals surface area contributed by atoms with E-state index in [0.717, 1.165) is 45.5 Å². The zero-order chi connectivity index (χ0) is 23.0. The van der Waals surface area contributed by atoms with Gasteiger partial charge in [0.05, 0.1) is 17.0 Å². The lowest BCUT2D eigenvalue weighted by atomic mass is 10.1. The first kappa shape index (κ1) is 21.6. The molecule has 0 unspecified atom stereocenters. The second kappa shape index (κ2) is 8.51. The topological polar surface area (TPSA) is 79.6 Å². The summed E-state index contributed by atoms with van der Waals surface area (Å²) in [6.07, 6.45) is 1.76. The fourth-order valence-electron chi connectivity index (χ4n) is 3.85. The number of rotatable bonds is 5. The molecule has 0 aliphatic carbocycles. The van der Waals surface area contributed by atoms with Crippen LogP contribution >= 0.6 is 11.8 Å². The summed E-state index contributed by atoms with van der Waals surface area (Å²) in [5.74, 6) is -1.27. The molecule has 4 rings (SSSR count). The minimum atomic E-state index is -0.973. The number of aromatic carboxylic acids is 1. The van der Waals surface area contributed by atoms with Crippen LogP contribution in [0, 0.1) is 20.8 Å². The number of carbonyl (C=O) groups is 3. The Morgan fingerprint density at radius 1 is 1.03 bits per heavy atom. The Morgan fingerprint density at radius 2 is 1.75 bits per heavy atom. The standard InChI is InChI=1S/C25H22N2O4S/c1-15-5-4-6-18(11-15)14-26-23(28)22(32-25(26)31)13-20-12-16(2)27(17(20)3)21-9-7-19(8-10-21)24(29)30/h4-13H,14H2,1-3H3,(H,29,30)/b22-13-. The van der Waals surface area contributed by atoms with Gasteiger partial charge in [0.15, 0.2) is 0 Å². The number of aromatic nitrogens is 1. The molecule has 1 fully saturated rings. The van der Waals surface area contributed by atoms with E-state index in [9.17, 15) is 14.4 Å². The van der Waals surface area contributed by atoms with Gasteiger partial charge in [-0.05, 0) is 80.1 Å². The predicted octanol–water partition coefficient (Wildman–Crippen LogP) is 5.34. The highest BCUT2D eigenvalue weighted by molar-refractivity contribution is 8.18. The summed E-state index contributed by atoms with van der Waals surface area (Å²) in [5.41, 5.74) is 5.72. The lowest BCUT2D eigenvalue weighted by Crippen LogP contribution is -2.27. The van der Waals surface area contributed by atoms with Crippen molar-refractivity contribution in [3.8, 4) is 5.69 Å². The number of carboxylic acid groups (broad SMARTS) is 1. The van der Waals surface area contributed by atoms with E-state index in [1.54, 1.807) is 30.3 Å². The van der Waals surface area contributed by atoms with Crippen molar-refractivity contribution in [2.75, 3.05) is 0 Å². The third-order valence-electron chi connectivity index (χ3n) is 5.43. The molecule has 3 aromatic rings. The molecule has 2 heterocycles. The molecular formula is C25H22N2O4S. The summed E-state index contributed by atoms with van der Waals surface area (Å²) in [6.45, 7) is 6.10. The van der Waals surface area contributed by atoms with E-state index >= 15 is 0 Å². The third-order valence-corrected chi connectivity index (χ3v) is 6.33. The van der Waals surface area contributed by atoms with E-state index in [1.165, 1.54) is 4.90 Å². The van der Waals surface area contributed by atoms with Gasteiger partial charge in [-0.1, -0.05) is 29.8 Å². The summed E-state index contributed by atoms with van der Waals surface area (Å²) in [4.78, 5) is 38.2. The molecule has 1 aromatic heterocycles. The summed E-state index contributed by atoms with van der Waals surface area (Å²) >= 11 is 0.949. The number of imide groups is 1. The van der Waals surface area contributed by atoms with Crippen molar-refractivity contribution >= 4 is 35.0 Å². The molecule has 6 nitrogen and oxygen atoms in total. The number of hydrogen-bond acceptors (Lipinski definition) is 4. The van der Waals surface area contributed by atoms with Crippen LogP contribution in [0.1, 0.15) is 38.4 Å². The second-order valence-electron chi connectivity index (χ2n) is 7.77. The molecule has 0 atom stereocenters. The molecule has 0 bridgehead atoms. The Kier molecular flexibility index (Phi) is 5.76. The minimum absolute atomic E-state index is 0.221. The lowest BCUT2D eigenvalue weighted by Gasteiger charge is -2.12. The van der Waals surface area contributed by atoms with Gasteiger partial charge in [-0.15, -0.1) is 0 Å². The average Bonchev–Trinajstić information content (AvgIpc) is 3.17. The second-order valence-corrected chi connectivity index (χ2v) is 8.76. The van der Waals surface area contributed by atoms with Gasteiger partial charge < -0.3 is 9.67 Å². The van der Waals surface area contributed by atoms with Crippen molar-refractivity contribution in [2.24, 2.45) is 0 Å². The zero-order valence-electron chi connectivity index (χ0n) is 18.0. The molecule has 2 amide bonds. The van der Waals surface area contributed by atoms with Gasteiger partial charge in [0.2, 0.25) is 0 Å². The summed E-state index contributed by atoms with van der Waals surface area (Å²) < 4.78 is 1.99. The first-order valence-electron chi connectivity index (χ1n) is 10.1. The van der Waals surface area contributed by atoms with Crippen molar-refractivity contribution in [3.05, 3.63) is 93.1 Å². The van der Waals surface area contributed by atoms with Crippen LogP contribution in [0.5, 0.6) is 0 Å². The van der Waals surface area contributed by atoms with E-state index in [0.29, 0.717) is 4.91 Å². The Hall–Kier alpha value is -3.58. The van der Waals surface area contributed by atoms with E-state index in [1.807, 2.05) is 55.7 Å². The van der Waals surface area contributed by atoms with Crippen molar-refractivity contribution in [2.45, 2.75) is 27.3 Å². The SMILES string of the molecule is Cc1cccc(CN2C(=O)S/C(=C\c3cc(C)n(-c4ccc(C(=O)O)cc4)c3C)C2=O)c1. The number of thioether (sulfide) groups is 1. The van der Waals surface area contributed by atoms with Gasteiger partial charge >= 0.3 is 5.97 Å². The highest BCUT2D eigenvalue weighted by Crippen LogP contribution is 2.34. The molecule has 1 aliphatic heterocycles. The van der Waals surface area contributed by atoms with Crippen molar-refractivity contribution in [3.63, 3.8) is 0 Å². The molecule has 32 heavy (non-hydrogen) atoms. The highest BCUT2D eigenvalue weighted by Gasteiger charge is 2.35. The quantitative estimate of drug-likeness (QED) is 0.536. The van der Waals surface area contributed by atoms with Crippen molar-refractivity contribution in [1.82, 2.24) is 9.47 Å². The van der Waals surface area contributed by atoms with E-state index in [-0.39, 0.29) is 23.3 Å². The first-order valence-corrected chi connectivity index (χ1v) is 10.9. The fraction of sp³-hybridized carbons (Fsp3) is 0.160. The number of amides is 2. The Labute approximate surface area is 190 Å². The zero-order valence-corrected chi connectivity index (χ0v) is 18.8. The molecule has 0 spiro atoms. The number of hydrogen-bond donors (Lipinski definition) is 1. The Bertz CT molecular complexity index is 1270. The van der Waals surface area contributed by atoms with Crippen molar-refractivity contribution in [1.29, 1.82) is 0 Å². The number of aryl methyl sites for hydroxylation is 2. The lowest BCUT2D eigenvalue weighted by molar-refractivity contribution is -0.123. The maximum Gasteiger partial charge on any atom is 0.335 e. The van der Waals surface area contributed by atoms with Gasteiger partial charge in [0.25, 0.3) is 11.1 Å². The minimum Gasteiger partial charge on any atom is -0.478 e. The van der Waals surface area contributed by atoms with E-state index in [4.69, 9.17) is 5.11 Å². The Morgan fingerprint density at radius 3 is 2.41 bits per heavy atom. The van der Waals surface area contributed by atoms with Crippen LogP contribution in [0.2, 0.25) is 0 Å².